The van der Waals surface area contributed by atoms with Crippen molar-refractivity contribution in [3.63, 3.8) is 0 Å². The molecule has 10 heteroatoms. The number of fused-ring (bicyclic) bond motifs is 1. The fourth-order valence-electron chi connectivity index (χ4n) is 6.13. The van der Waals surface area contributed by atoms with Gasteiger partial charge < -0.3 is 24.6 Å². The first-order valence-corrected chi connectivity index (χ1v) is 14.0. The number of nitrogens with zero attached hydrogens (tertiary/aromatic N) is 4. The summed E-state index contributed by atoms with van der Waals surface area (Å²) < 4.78 is 5.28. The Morgan fingerprint density at radius 2 is 1.62 bits per heavy atom. The van der Waals surface area contributed by atoms with E-state index in [4.69, 9.17) is 4.74 Å². The monoisotopic (exact) mass is 567 g/mol. The zero-order valence-corrected chi connectivity index (χ0v) is 23.7. The summed E-state index contributed by atoms with van der Waals surface area (Å²) in [7, 11) is 3.63. The molecule has 0 aromatic heterocycles. The van der Waals surface area contributed by atoms with E-state index in [1.807, 2.05) is 60.7 Å². The zero-order chi connectivity index (χ0) is 29.4. The lowest BCUT2D eigenvalue weighted by Crippen LogP contribution is -2.47. The molecule has 216 valence electrons. The van der Waals surface area contributed by atoms with Gasteiger partial charge in [-0.3, -0.25) is 19.7 Å². The minimum absolute atomic E-state index is 0.0289. The fourth-order valence-corrected chi connectivity index (χ4v) is 6.13. The average molecular weight is 568 g/mol. The van der Waals surface area contributed by atoms with Gasteiger partial charge in [0.2, 0.25) is 11.8 Å². The van der Waals surface area contributed by atoms with E-state index in [9.17, 15) is 19.6 Å². The Bertz CT molecular complexity index is 1560. The molecular formula is C32H33N5O5. The van der Waals surface area contributed by atoms with Gasteiger partial charge in [-0.25, -0.2) is 0 Å². The Kier molecular flexibility index (Phi) is 7.16. The van der Waals surface area contributed by atoms with Gasteiger partial charge in [-0.1, -0.05) is 59.8 Å². The number of piperazine rings is 1. The van der Waals surface area contributed by atoms with Crippen molar-refractivity contribution in [3.05, 3.63) is 89.0 Å². The van der Waals surface area contributed by atoms with Crippen LogP contribution in [0.15, 0.2) is 71.9 Å². The van der Waals surface area contributed by atoms with E-state index in [1.54, 1.807) is 18.1 Å². The molecule has 3 aromatic rings. The van der Waals surface area contributed by atoms with Gasteiger partial charge in [-0.05, 0) is 41.4 Å². The SMILES string of the molecule is COc1ccc2c(c1)C(=O)N(C[C@@]1(c3ccc(-c4ccc(C(=NO)N5CCN(C)CC5)cc4)cc3)CC(=O)NC1=O)C2. The van der Waals surface area contributed by atoms with Crippen molar-refractivity contribution >= 4 is 23.6 Å². The molecule has 3 heterocycles. The molecule has 0 bridgehead atoms. The van der Waals surface area contributed by atoms with Gasteiger partial charge in [-0.2, -0.15) is 0 Å². The molecule has 6 rings (SSSR count). The lowest BCUT2D eigenvalue weighted by molar-refractivity contribution is -0.126. The maximum Gasteiger partial charge on any atom is 0.254 e. The number of likely N-dealkylation sites (N-methyl/N-ethyl adjacent to an activating group) is 1. The van der Waals surface area contributed by atoms with E-state index in [2.05, 4.69) is 27.3 Å². The summed E-state index contributed by atoms with van der Waals surface area (Å²) in [5.41, 5.74) is 3.63. The van der Waals surface area contributed by atoms with Crippen LogP contribution >= 0.6 is 0 Å². The number of rotatable bonds is 6. The smallest absolute Gasteiger partial charge is 0.254 e. The predicted molar refractivity (Wildman–Crippen MR) is 156 cm³/mol. The normalized spacial score (nSPS) is 21.1. The molecule has 0 aliphatic carbocycles. The Hall–Kier alpha value is -4.70. The topological polar surface area (TPSA) is 115 Å². The van der Waals surface area contributed by atoms with Crippen LogP contribution in [0.4, 0.5) is 0 Å². The number of carbonyl (C=O) groups is 3. The average Bonchev–Trinajstić information content (AvgIpc) is 3.48. The second-order valence-electron chi connectivity index (χ2n) is 11.2. The molecule has 42 heavy (non-hydrogen) atoms. The van der Waals surface area contributed by atoms with Gasteiger partial charge in [0.05, 0.1) is 7.11 Å². The number of oxime groups is 1. The lowest BCUT2D eigenvalue weighted by atomic mass is 9.77. The van der Waals surface area contributed by atoms with Crippen LogP contribution in [0.2, 0.25) is 0 Å². The van der Waals surface area contributed by atoms with E-state index < -0.39 is 11.3 Å². The van der Waals surface area contributed by atoms with Crippen LogP contribution in [-0.4, -0.2) is 90.3 Å². The van der Waals surface area contributed by atoms with Gasteiger partial charge in [0.15, 0.2) is 5.84 Å². The quantitative estimate of drug-likeness (QED) is 0.155. The number of carbonyl (C=O) groups excluding carboxylic acids is 3. The number of imide groups is 1. The highest BCUT2D eigenvalue weighted by Gasteiger charge is 2.50. The third-order valence-corrected chi connectivity index (χ3v) is 8.62. The van der Waals surface area contributed by atoms with Crippen molar-refractivity contribution in [2.24, 2.45) is 5.16 Å². The third kappa shape index (κ3) is 4.87. The van der Waals surface area contributed by atoms with E-state index in [0.717, 1.165) is 48.4 Å². The van der Waals surface area contributed by atoms with Crippen LogP contribution in [0, 0.1) is 0 Å². The lowest BCUT2D eigenvalue weighted by Gasteiger charge is -2.34. The maximum atomic E-state index is 13.3. The Balaban J connectivity index is 1.23. The fraction of sp³-hybridized carbons (Fsp3) is 0.312. The number of benzene rings is 3. The Morgan fingerprint density at radius 3 is 2.21 bits per heavy atom. The molecule has 0 unspecified atom stereocenters. The highest BCUT2D eigenvalue weighted by molar-refractivity contribution is 6.10. The van der Waals surface area contributed by atoms with E-state index in [0.29, 0.717) is 29.3 Å². The van der Waals surface area contributed by atoms with Crippen molar-refractivity contribution in [1.29, 1.82) is 0 Å². The van der Waals surface area contributed by atoms with Crippen LogP contribution in [-0.2, 0) is 21.5 Å². The van der Waals surface area contributed by atoms with Gasteiger partial charge >= 0.3 is 0 Å². The molecule has 0 radical (unpaired) electrons. The second-order valence-corrected chi connectivity index (χ2v) is 11.2. The molecule has 2 saturated heterocycles. The summed E-state index contributed by atoms with van der Waals surface area (Å²) in [5.74, 6) is 0.212. The van der Waals surface area contributed by atoms with E-state index in [-0.39, 0.29) is 24.8 Å². The van der Waals surface area contributed by atoms with Crippen LogP contribution in [0.5, 0.6) is 5.75 Å². The molecule has 0 saturated carbocycles. The number of hydrogen-bond acceptors (Lipinski definition) is 7. The Morgan fingerprint density at radius 1 is 0.952 bits per heavy atom. The van der Waals surface area contributed by atoms with Crippen LogP contribution in [0.25, 0.3) is 11.1 Å². The summed E-state index contributed by atoms with van der Waals surface area (Å²) in [6.07, 6.45) is -0.0289. The van der Waals surface area contributed by atoms with Gasteiger partial charge in [0.25, 0.3) is 5.91 Å². The highest BCUT2D eigenvalue weighted by atomic mass is 16.5. The van der Waals surface area contributed by atoms with E-state index in [1.165, 1.54) is 0 Å². The molecule has 0 spiro atoms. The first kappa shape index (κ1) is 27.5. The number of methoxy groups -OCH3 is 1. The predicted octanol–water partition coefficient (Wildman–Crippen LogP) is 2.69. The highest BCUT2D eigenvalue weighted by Crippen LogP contribution is 2.37. The molecule has 2 N–H and O–H groups in total. The molecule has 3 amide bonds. The molecule has 3 aliphatic rings. The number of amides is 3. The minimum Gasteiger partial charge on any atom is -0.497 e. The largest absolute Gasteiger partial charge is 0.497 e. The van der Waals surface area contributed by atoms with Gasteiger partial charge in [0.1, 0.15) is 11.2 Å². The summed E-state index contributed by atoms with van der Waals surface area (Å²) in [6.45, 7) is 3.84. The second kappa shape index (κ2) is 10.9. The Labute approximate surface area is 244 Å². The van der Waals surface area contributed by atoms with Crippen molar-refractivity contribution in [1.82, 2.24) is 20.0 Å². The number of amidine groups is 1. The molecule has 1 atom stereocenters. The summed E-state index contributed by atoms with van der Waals surface area (Å²) in [4.78, 5) is 45.0. The standard InChI is InChI=1S/C32H33N5O5/c1-35-13-15-36(16-14-35)29(34-41)23-5-3-21(4-6-23)22-7-10-25(11-8-22)32(18-28(38)33-31(32)40)20-37-19-24-9-12-26(42-2)17-27(24)30(37)39/h3-12,17,41H,13-16,18-20H2,1-2H3,(H,33,38,40)/t32-/m1/s1. The molecule has 3 aliphatic heterocycles. The summed E-state index contributed by atoms with van der Waals surface area (Å²) >= 11 is 0. The van der Waals surface area contributed by atoms with Crippen molar-refractivity contribution in [3.8, 4) is 16.9 Å². The van der Waals surface area contributed by atoms with Crippen molar-refractivity contribution in [2.75, 3.05) is 46.9 Å². The number of ether oxygens (including phenoxy) is 1. The van der Waals surface area contributed by atoms with Crippen LogP contribution in [0.1, 0.15) is 33.5 Å². The maximum absolute atomic E-state index is 13.3. The molecule has 2 fully saturated rings. The molecular weight excluding hydrogens is 534 g/mol. The number of hydrogen-bond donors (Lipinski definition) is 2. The first-order valence-electron chi connectivity index (χ1n) is 14.0. The van der Waals surface area contributed by atoms with Gasteiger partial charge in [0, 0.05) is 56.8 Å². The molecule has 3 aromatic carbocycles. The summed E-state index contributed by atoms with van der Waals surface area (Å²) in [5, 5.41) is 15.8. The summed E-state index contributed by atoms with van der Waals surface area (Å²) in [6, 6.07) is 20.8. The van der Waals surface area contributed by atoms with Crippen LogP contribution in [0.3, 0.4) is 0 Å². The first-order chi connectivity index (χ1) is 20.3. The minimum atomic E-state index is -1.18. The van der Waals surface area contributed by atoms with Gasteiger partial charge in [-0.15, -0.1) is 0 Å². The zero-order valence-electron chi connectivity index (χ0n) is 23.7. The van der Waals surface area contributed by atoms with Crippen molar-refractivity contribution < 1.29 is 24.3 Å². The van der Waals surface area contributed by atoms with E-state index >= 15 is 0 Å². The molecule has 10 nitrogen and oxygen atoms in total. The van der Waals surface area contributed by atoms with Crippen molar-refractivity contribution in [2.45, 2.75) is 18.4 Å². The number of nitrogens with one attached hydrogen (secondary N) is 1. The third-order valence-electron chi connectivity index (χ3n) is 8.62. The van der Waals surface area contributed by atoms with Crippen LogP contribution < -0.4 is 10.1 Å².